The molecule has 1 amide bonds. The largest absolute Gasteiger partial charge is 0.352 e. The van der Waals surface area contributed by atoms with Crippen LogP contribution >= 0.6 is 11.6 Å². The average molecular weight is 292 g/mol. The lowest BCUT2D eigenvalue weighted by atomic mass is 10.1. The summed E-state index contributed by atoms with van der Waals surface area (Å²) < 4.78 is 13.6. The van der Waals surface area contributed by atoms with Crippen LogP contribution in [0.3, 0.4) is 0 Å². The lowest BCUT2D eigenvalue weighted by Gasteiger charge is -2.07. The molecule has 2 aromatic rings. The van der Waals surface area contributed by atoms with E-state index in [4.69, 9.17) is 11.6 Å². The molecule has 0 saturated heterocycles. The molecule has 2 nitrogen and oxygen atoms in total. The summed E-state index contributed by atoms with van der Waals surface area (Å²) in [6.07, 6.45) is 0.677. The molecule has 104 valence electrons. The second-order valence-electron chi connectivity index (χ2n) is 4.62. The van der Waals surface area contributed by atoms with Gasteiger partial charge in [0.2, 0.25) is 0 Å². The van der Waals surface area contributed by atoms with Crippen LogP contribution in [-0.4, -0.2) is 12.5 Å². The molecule has 0 aromatic heterocycles. The van der Waals surface area contributed by atoms with E-state index >= 15 is 0 Å². The number of rotatable bonds is 4. The fourth-order valence-corrected chi connectivity index (χ4v) is 2.00. The predicted molar refractivity (Wildman–Crippen MR) is 78.6 cm³/mol. The molecule has 0 aliphatic heterocycles. The number of carbonyl (C=O) groups excluding carboxylic acids is 1. The number of amides is 1. The molecule has 0 atom stereocenters. The second kappa shape index (κ2) is 6.53. The van der Waals surface area contributed by atoms with Crippen LogP contribution in [0.2, 0.25) is 5.02 Å². The first-order valence-electron chi connectivity index (χ1n) is 6.35. The number of benzene rings is 2. The number of nitrogens with one attached hydrogen (secondary N) is 1. The zero-order chi connectivity index (χ0) is 14.5. The monoisotopic (exact) mass is 291 g/mol. The van der Waals surface area contributed by atoms with E-state index in [0.29, 0.717) is 18.0 Å². The van der Waals surface area contributed by atoms with Gasteiger partial charge in [-0.1, -0.05) is 29.8 Å². The Morgan fingerprint density at radius 1 is 1.20 bits per heavy atom. The predicted octanol–water partition coefficient (Wildman–Crippen LogP) is 3.76. The van der Waals surface area contributed by atoms with Crippen LogP contribution in [0.15, 0.2) is 42.5 Å². The summed E-state index contributed by atoms with van der Waals surface area (Å²) in [7, 11) is 0. The zero-order valence-corrected chi connectivity index (χ0v) is 11.9. The minimum atomic E-state index is -0.492. The molecule has 4 heteroatoms. The van der Waals surface area contributed by atoms with Gasteiger partial charge in [0.05, 0.1) is 5.56 Å². The smallest absolute Gasteiger partial charge is 0.254 e. The third-order valence-electron chi connectivity index (χ3n) is 2.98. The molecular weight excluding hydrogens is 277 g/mol. The standard InChI is InChI=1S/C16H15ClFNO/c1-11-2-7-14(15(18)10-11)16(20)19-9-8-12-3-5-13(17)6-4-12/h2-7,10H,8-9H2,1H3,(H,19,20). The quantitative estimate of drug-likeness (QED) is 0.913. The highest BCUT2D eigenvalue weighted by molar-refractivity contribution is 6.30. The van der Waals surface area contributed by atoms with Gasteiger partial charge in [-0.3, -0.25) is 4.79 Å². The summed E-state index contributed by atoms with van der Waals surface area (Å²) in [6, 6.07) is 12.0. The fraction of sp³-hybridized carbons (Fsp3) is 0.188. The van der Waals surface area contributed by atoms with Crippen LogP contribution in [0.5, 0.6) is 0 Å². The van der Waals surface area contributed by atoms with Gasteiger partial charge in [0, 0.05) is 11.6 Å². The van der Waals surface area contributed by atoms with Crippen molar-refractivity contribution in [3.05, 3.63) is 70.0 Å². The van der Waals surface area contributed by atoms with Crippen molar-refractivity contribution in [1.82, 2.24) is 5.32 Å². The lowest BCUT2D eigenvalue weighted by Crippen LogP contribution is -2.26. The number of carbonyl (C=O) groups is 1. The van der Waals surface area contributed by atoms with E-state index in [-0.39, 0.29) is 5.56 Å². The van der Waals surface area contributed by atoms with Crippen molar-refractivity contribution in [2.75, 3.05) is 6.54 Å². The molecule has 0 aliphatic rings. The third-order valence-corrected chi connectivity index (χ3v) is 3.23. The van der Waals surface area contributed by atoms with E-state index in [9.17, 15) is 9.18 Å². The van der Waals surface area contributed by atoms with E-state index in [0.717, 1.165) is 11.1 Å². The van der Waals surface area contributed by atoms with E-state index in [1.807, 2.05) is 12.1 Å². The molecule has 0 saturated carbocycles. The Labute approximate surface area is 122 Å². The van der Waals surface area contributed by atoms with Crippen molar-refractivity contribution in [3.8, 4) is 0 Å². The maximum Gasteiger partial charge on any atom is 0.254 e. The van der Waals surface area contributed by atoms with Crippen molar-refractivity contribution in [2.24, 2.45) is 0 Å². The van der Waals surface area contributed by atoms with Crippen molar-refractivity contribution in [1.29, 1.82) is 0 Å². The first kappa shape index (κ1) is 14.5. The molecule has 0 bridgehead atoms. The van der Waals surface area contributed by atoms with Gasteiger partial charge >= 0.3 is 0 Å². The zero-order valence-electron chi connectivity index (χ0n) is 11.1. The van der Waals surface area contributed by atoms with Crippen LogP contribution < -0.4 is 5.32 Å². The van der Waals surface area contributed by atoms with Crippen LogP contribution in [0.1, 0.15) is 21.5 Å². The SMILES string of the molecule is Cc1ccc(C(=O)NCCc2ccc(Cl)cc2)c(F)c1. The van der Waals surface area contributed by atoms with E-state index in [1.54, 1.807) is 25.1 Å². The minimum Gasteiger partial charge on any atom is -0.352 e. The molecule has 1 N–H and O–H groups in total. The summed E-state index contributed by atoms with van der Waals surface area (Å²) in [6.45, 7) is 2.24. The van der Waals surface area contributed by atoms with Crippen LogP contribution in [0, 0.1) is 12.7 Å². The van der Waals surface area contributed by atoms with Gasteiger partial charge < -0.3 is 5.32 Å². The molecule has 0 heterocycles. The summed E-state index contributed by atoms with van der Waals surface area (Å²) in [5, 5.41) is 3.39. The Morgan fingerprint density at radius 2 is 1.90 bits per heavy atom. The summed E-state index contributed by atoms with van der Waals surface area (Å²) in [4.78, 5) is 11.8. The highest BCUT2D eigenvalue weighted by Crippen LogP contribution is 2.11. The third kappa shape index (κ3) is 3.81. The topological polar surface area (TPSA) is 29.1 Å². The van der Waals surface area contributed by atoms with Gasteiger partial charge in [-0.2, -0.15) is 0 Å². The van der Waals surface area contributed by atoms with Gasteiger partial charge in [-0.25, -0.2) is 4.39 Å². The van der Waals surface area contributed by atoms with Crippen molar-refractivity contribution >= 4 is 17.5 Å². The summed E-state index contributed by atoms with van der Waals surface area (Å²) in [5.41, 5.74) is 1.94. The van der Waals surface area contributed by atoms with Crippen LogP contribution in [0.25, 0.3) is 0 Å². The summed E-state index contributed by atoms with van der Waals surface area (Å²) >= 11 is 5.79. The van der Waals surface area contributed by atoms with Crippen LogP contribution in [-0.2, 0) is 6.42 Å². The Hall–Kier alpha value is -1.87. The Kier molecular flexibility index (Phi) is 4.74. The Bertz CT molecular complexity index is 610. The van der Waals surface area contributed by atoms with Crippen molar-refractivity contribution in [2.45, 2.75) is 13.3 Å². The average Bonchev–Trinajstić information content (AvgIpc) is 2.41. The second-order valence-corrected chi connectivity index (χ2v) is 5.05. The van der Waals surface area contributed by atoms with Crippen molar-refractivity contribution < 1.29 is 9.18 Å². The maximum absolute atomic E-state index is 13.6. The molecular formula is C16H15ClFNO. The van der Waals surface area contributed by atoms with Gasteiger partial charge in [0.1, 0.15) is 5.82 Å². The fourth-order valence-electron chi connectivity index (χ4n) is 1.87. The number of hydrogen-bond acceptors (Lipinski definition) is 1. The highest BCUT2D eigenvalue weighted by atomic mass is 35.5. The van der Waals surface area contributed by atoms with Gasteiger partial charge in [0.15, 0.2) is 0 Å². The van der Waals surface area contributed by atoms with E-state index in [1.165, 1.54) is 12.1 Å². The lowest BCUT2D eigenvalue weighted by molar-refractivity contribution is 0.0950. The van der Waals surface area contributed by atoms with Crippen molar-refractivity contribution in [3.63, 3.8) is 0 Å². The minimum absolute atomic E-state index is 0.0757. The maximum atomic E-state index is 13.6. The van der Waals surface area contributed by atoms with E-state index in [2.05, 4.69) is 5.32 Å². The first-order valence-corrected chi connectivity index (χ1v) is 6.73. The summed E-state index contributed by atoms with van der Waals surface area (Å²) in [5.74, 6) is -0.884. The number of hydrogen-bond donors (Lipinski definition) is 1. The Balaban J connectivity index is 1.90. The molecule has 0 unspecified atom stereocenters. The highest BCUT2D eigenvalue weighted by Gasteiger charge is 2.10. The molecule has 2 aromatic carbocycles. The molecule has 20 heavy (non-hydrogen) atoms. The first-order chi connectivity index (χ1) is 9.56. The molecule has 0 radical (unpaired) electrons. The molecule has 0 spiro atoms. The van der Waals surface area contributed by atoms with Gasteiger partial charge in [-0.15, -0.1) is 0 Å². The van der Waals surface area contributed by atoms with Gasteiger partial charge in [0.25, 0.3) is 5.91 Å². The Morgan fingerprint density at radius 3 is 2.55 bits per heavy atom. The number of aryl methyl sites for hydroxylation is 1. The van der Waals surface area contributed by atoms with E-state index < -0.39 is 11.7 Å². The molecule has 0 aliphatic carbocycles. The van der Waals surface area contributed by atoms with Gasteiger partial charge in [-0.05, 0) is 48.7 Å². The van der Waals surface area contributed by atoms with Crippen LogP contribution in [0.4, 0.5) is 4.39 Å². The molecule has 2 rings (SSSR count). The molecule has 0 fully saturated rings. The normalized spacial score (nSPS) is 10.3. The number of halogens is 2.